The van der Waals surface area contributed by atoms with Crippen LogP contribution < -0.4 is 0 Å². The molecule has 3 heteroatoms. The molecule has 104 valence electrons. The summed E-state index contributed by atoms with van der Waals surface area (Å²) in [6.07, 6.45) is 8.49. The Balaban J connectivity index is 2.51. The van der Waals surface area contributed by atoms with Gasteiger partial charge in [0.05, 0.1) is 6.61 Å². The largest absolute Gasteiger partial charge is 0.465 e. The van der Waals surface area contributed by atoms with Gasteiger partial charge >= 0.3 is 5.97 Å². The van der Waals surface area contributed by atoms with E-state index in [4.69, 9.17) is 4.74 Å². The summed E-state index contributed by atoms with van der Waals surface area (Å²) >= 11 is 0. The summed E-state index contributed by atoms with van der Waals surface area (Å²) in [5.41, 5.74) is -0.789. The van der Waals surface area contributed by atoms with Crippen LogP contribution in [0.5, 0.6) is 0 Å². The van der Waals surface area contributed by atoms with Gasteiger partial charge in [-0.25, -0.2) is 0 Å². The third kappa shape index (κ3) is 3.56. The molecule has 1 aliphatic rings. The highest BCUT2D eigenvalue weighted by Crippen LogP contribution is 2.40. The van der Waals surface area contributed by atoms with Crippen molar-refractivity contribution in [3.05, 3.63) is 0 Å². The number of rotatable bonds is 8. The van der Waals surface area contributed by atoms with Crippen molar-refractivity contribution >= 4 is 11.8 Å². The third-order valence-electron chi connectivity index (χ3n) is 3.91. The van der Waals surface area contributed by atoms with Crippen molar-refractivity contribution in [2.45, 2.75) is 71.6 Å². The smallest absolute Gasteiger partial charge is 0.319 e. The molecule has 0 aromatic heterocycles. The van der Waals surface area contributed by atoms with E-state index in [1.807, 2.05) is 0 Å². The minimum atomic E-state index is -0.789. The summed E-state index contributed by atoms with van der Waals surface area (Å²) in [7, 11) is 0. The van der Waals surface area contributed by atoms with Crippen molar-refractivity contribution in [3.63, 3.8) is 0 Å². The normalized spacial score (nSPS) is 23.3. The summed E-state index contributed by atoms with van der Waals surface area (Å²) in [4.78, 5) is 24.1. The van der Waals surface area contributed by atoms with Crippen LogP contribution in [0.15, 0.2) is 0 Å². The topological polar surface area (TPSA) is 43.4 Å². The van der Waals surface area contributed by atoms with Gasteiger partial charge in [-0.05, 0) is 26.2 Å². The van der Waals surface area contributed by atoms with Gasteiger partial charge in [0.25, 0.3) is 0 Å². The van der Waals surface area contributed by atoms with Gasteiger partial charge in [-0.2, -0.15) is 0 Å². The molecule has 0 amide bonds. The fraction of sp³-hybridized carbons (Fsp3) is 0.867. The number of Topliss-reactive ketones (excluding diaryl/α,β-unsaturated/α-hetero) is 1. The Morgan fingerprint density at radius 1 is 1.22 bits per heavy atom. The molecule has 0 N–H and O–H groups in total. The maximum atomic E-state index is 12.1. The van der Waals surface area contributed by atoms with E-state index in [0.29, 0.717) is 25.9 Å². The van der Waals surface area contributed by atoms with Gasteiger partial charge in [-0.1, -0.05) is 39.0 Å². The molecule has 0 bridgehead atoms. The number of ether oxygens (including phenoxy) is 1. The monoisotopic (exact) mass is 254 g/mol. The summed E-state index contributed by atoms with van der Waals surface area (Å²) in [5, 5.41) is 0. The first-order chi connectivity index (χ1) is 8.67. The molecule has 1 atom stereocenters. The molecular formula is C15H26O3. The van der Waals surface area contributed by atoms with E-state index < -0.39 is 5.41 Å². The summed E-state index contributed by atoms with van der Waals surface area (Å²) in [6, 6.07) is 0. The van der Waals surface area contributed by atoms with Crippen molar-refractivity contribution in [1.82, 2.24) is 0 Å². The maximum absolute atomic E-state index is 12.1. The number of carbonyl (C=O) groups excluding carboxylic acids is 2. The highest BCUT2D eigenvalue weighted by Gasteiger charge is 2.48. The predicted molar refractivity (Wildman–Crippen MR) is 71.3 cm³/mol. The average molecular weight is 254 g/mol. The third-order valence-corrected chi connectivity index (χ3v) is 3.91. The van der Waals surface area contributed by atoms with Crippen LogP contribution >= 0.6 is 0 Å². The van der Waals surface area contributed by atoms with Crippen molar-refractivity contribution in [1.29, 1.82) is 0 Å². The first-order valence-corrected chi connectivity index (χ1v) is 7.38. The zero-order chi connectivity index (χ0) is 13.4. The number of esters is 1. The van der Waals surface area contributed by atoms with Crippen molar-refractivity contribution in [2.24, 2.45) is 5.41 Å². The molecule has 1 fully saturated rings. The van der Waals surface area contributed by atoms with Gasteiger partial charge in [-0.3, -0.25) is 9.59 Å². The van der Waals surface area contributed by atoms with Gasteiger partial charge in [0.1, 0.15) is 11.2 Å². The second kappa shape index (κ2) is 7.55. The summed E-state index contributed by atoms with van der Waals surface area (Å²) in [6.45, 7) is 4.34. The Hall–Kier alpha value is -0.860. The molecule has 0 saturated heterocycles. The van der Waals surface area contributed by atoms with Crippen LogP contribution in [0, 0.1) is 5.41 Å². The quantitative estimate of drug-likeness (QED) is 0.377. The molecule has 0 unspecified atom stereocenters. The molecule has 0 radical (unpaired) electrons. The van der Waals surface area contributed by atoms with E-state index in [1.54, 1.807) is 6.92 Å². The SMILES string of the molecule is CCCCCCC[C@@]1(C(=O)OCC)CCCC1=O. The average Bonchev–Trinajstić information content (AvgIpc) is 2.72. The van der Waals surface area contributed by atoms with Gasteiger partial charge in [0, 0.05) is 6.42 Å². The molecule has 0 aliphatic heterocycles. The van der Waals surface area contributed by atoms with E-state index in [0.717, 1.165) is 19.3 Å². The second-order valence-corrected chi connectivity index (χ2v) is 5.24. The van der Waals surface area contributed by atoms with Crippen molar-refractivity contribution in [3.8, 4) is 0 Å². The van der Waals surface area contributed by atoms with Crippen molar-refractivity contribution < 1.29 is 14.3 Å². The van der Waals surface area contributed by atoms with E-state index in [1.165, 1.54) is 19.3 Å². The molecule has 0 aromatic carbocycles. The Bertz CT molecular complexity index is 285. The molecule has 1 aliphatic carbocycles. The van der Waals surface area contributed by atoms with Crippen LogP contribution in [0.2, 0.25) is 0 Å². The van der Waals surface area contributed by atoms with Crippen LogP contribution in [0.4, 0.5) is 0 Å². The van der Waals surface area contributed by atoms with Gasteiger partial charge < -0.3 is 4.74 Å². The fourth-order valence-corrected chi connectivity index (χ4v) is 2.81. The molecule has 0 spiro atoms. The molecule has 1 rings (SSSR count). The Morgan fingerprint density at radius 3 is 2.50 bits per heavy atom. The first kappa shape index (κ1) is 15.2. The number of hydrogen-bond acceptors (Lipinski definition) is 3. The minimum Gasteiger partial charge on any atom is -0.465 e. The van der Waals surface area contributed by atoms with Crippen LogP contribution in [0.1, 0.15) is 71.6 Å². The van der Waals surface area contributed by atoms with Gasteiger partial charge in [0.15, 0.2) is 0 Å². The molecule has 18 heavy (non-hydrogen) atoms. The molecule has 3 nitrogen and oxygen atoms in total. The van der Waals surface area contributed by atoms with Crippen LogP contribution in [-0.4, -0.2) is 18.4 Å². The number of ketones is 1. The van der Waals surface area contributed by atoms with Crippen LogP contribution in [-0.2, 0) is 14.3 Å². The molecular weight excluding hydrogens is 228 g/mol. The minimum absolute atomic E-state index is 0.108. The van der Waals surface area contributed by atoms with E-state index in [9.17, 15) is 9.59 Å². The highest BCUT2D eigenvalue weighted by molar-refractivity contribution is 6.05. The highest BCUT2D eigenvalue weighted by atomic mass is 16.5. The zero-order valence-electron chi connectivity index (χ0n) is 11.8. The first-order valence-electron chi connectivity index (χ1n) is 7.38. The van der Waals surface area contributed by atoms with Gasteiger partial charge in [-0.15, -0.1) is 0 Å². The van der Waals surface area contributed by atoms with Crippen LogP contribution in [0.25, 0.3) is 0 Å². The molecule has 0 heterocycles. The molecule has 0 aromatic rings. The number of hydrogen-bond donors (Lipinski definition) is 0. The Labute approximate surface area is 110 Å². The Morgan fingerprint density at radius 2 is 1.94 bits per heavy atom. The second-order valence-electron chi connectivity index (χ2n) is 5.24. The predicted octanol–water partition coefficient (Wildman–Crippen LogP) is 3.65. The van der Waals surface area contributed by atoms with E-state index in [-0.39, 0.29) is 11.8 Å². The summed E-state index contributed by atoms with van der Waals surface area (Å²) < 4.78 is 5.12. The lowest BCUT2D eigenvalue weighted by Gasteiger charge is -2.24. The number of unbranched alkanes of at least 4 members (excludes halogenated alkanes) is 4. The number of carbonyl (C=O) groups is 2. The lowest BCUT2D eigenvalue weighted by atomic mass is 9.80. The lowest BCUT2D eigenvalue weighted by molar-refractivity contribution is -0.159. The lowest BCUT2D eigenvalue weighted by Crippen LogP contribution is -2.37. The van der Waals surface area contributed by atoms with Gasteiger partial charge in [0.2, 0.25) is 0 Å². The Kier molecular flexibility index (Phi) is 6.37. The van der Waals surface area contributed by atoms with Crippen molar-refractivity contribution in [2.75, 3.05) is 6.61 Å². The molecule has 1 saturated carbocycles. The van der Waals surface area contributed by atoms with E-state index >= 15 is 0 Å². The summed E-state index contributed by atoms with van der Waals surface area (Å²) in [5.74, 6) is -0.167. The fourth-order valence-electron chi connectivity index (χ4n) is 2.81. The standard InChI is InChI=1S/C15H26O3/c1-3-5-6-7-8-11-15(14(17)18-4-2)12-9-10-13(15)16/h3-12H2,1-2H3/t15-/m1/s1. The van der Waals surface area contributed by atoms with E-state index in [2.05, 4.69) is 6.92 Å². The maximum Gasteiger partial charge on any atom is 0.319 e. The van der Waals surface area contributed by atoms with Crippen LogP contribution in [0.3, 0.4) is 0 Å². The zero-order valence-corrected chi connectivity index (χ0v) is 11.8.